The molecule has 0 atom stereocenters. The molecule has 0 aliphatic rings. The number of ketones is 1. The number of unbranched alkanes of at least 4 members (excludes halogenated alkanes) is 1. The minimum atomic E-state index is -0.459. The molecule has 0 N–H and O–H groups in total. The van der Waals surface area contributed by atoms with Gasteiger partial charge in [0, 0.05) is 5.69 Å². The average molecular weight is 265 g/mol. The predicted octanol–water partition coefficient (Wildman–Crippen LogP) is 1.70. The fourth-order valence-corrected chi connectivity index (χ4v) is 1.64. The number of nitrogens with zero attached hydrogens (tertiary/aromatic N) is 1. The van der Waals surface area contributed by atoms with Crippen molar-refractivity contribution in [1.29, 1.82) is 0 Å². The molecule has 0 fully saturated rings. The first kappa shape index (κ1) is 15.1. The lowest BCUT2D eigenvalue weighted by molar-refractivity contribution is -0.144. The number of carbonyl (C=O) groups excluding carboxylic acids is 2. The Morgan fingerprint density at radius 3 is 2.58 bits per heavy atom. The molecule has 0 amide bonds. The lowest BCUT2D eigenvalue weighted by Gasteiger charge is -2.10. The minimum Gasteiger partial charge on any atom is -0.464 e. The van der Waals surface area contributed by atoms with E-state index in [2.05, 4.69) is 0 Å². The Balaban J connectivity index is 2.89. The Morgan fingerprint density at radius 1 is 1.32 bits per heavy atom. The Kier molecular flexibility index (Phi) is 5.48. The van der Waals surface area contributed by atoms with E-state index in [1.165, 1.54) is 17.6 Å². The zero-order valence-corrected chi connectivity index (χ0v) is 11.6. The third-order valence-corrected chi connectivity index (χ3v) is 2.82. The number of pyridine rings is 1. The van der Waals surface area contributed by atoms with Gasteiger partial charge in [0.2, 0.25) is 0 Å². The standard InChI is InChI=1S/C14H19NO4/c1-4-5-8-19-13(17)9-15-10(2)6-7-12(11(3)16)14(15)18/h6-7H,4-5,8-9H2,1-3H3. The van der Waals surface area contributed by atoms with Crippen LogP contribution < -0.4 is 5.56 Å². The Morgan fingerprint density at radius 2 is 2.00 bits per heavy atom. The molecule has 1 rings (SSSR count). The van der Waals surface area contributed by atoms with Gasteiger partial charge in [-0.2, -0.15) is 0 Å². The lowest BCUT2D eigenvalue weighted by Crippen LogP contribution is -2.30. The third kappa shape index (κ3) is 4.05. The molecule has 1 aromatic heterocycles. The first-order chi connectivity index (χ1) is 8.97. The van der Waals surface area contributed by atoms with Crippen LogP contribution in [0.15, 0.2) is 16.9 Å². The van der Waals surface area contributed by atoms with Gasteiger partial charge in [-0.25, -0.2) is 0 Å². The molecule has 0 aliphatic carbocycles. The second-order valence-corrected chi connectivity index (χ2v) is 4.41. The summed E-state index contributed by atoms with van der Waals surface area (Å²) in [6, 6.07) is 3.14. The first-order valence-electron chi connectivity index (χ1n) is 6.34. The molecule has 0 radical (unpaired) electrons. The van der Waals surface area contributed by atoms with E-state index in [0.29, 0.717) is 12.3 Å². The highest BCUT2D eigenvalue weighted by Gasteiger charge is 2.13. The van der Waals surface area contributed by atoms with Gasteiger partial charge < -0.3 is 9.30 Å². The van der Waals surface area contributed by atoms with Crippen LogP contribution in [-0.4, -0.2) is 22.9 Å². The number of hydrogen-bond donors (Lipinski definition) is 0. The van der Waals surface area contributed by atoms with Gasteiger partial charge >= 0.3 is 5.97 Å². The van der Waals surface area contributed by atoms with Gasteiger partial charge in [0.05, 0.1) is 12.2 Å². The van der Waals surface area contributed by atoms with Crippen molar-refractivity contribution in [2.45, 2.75) is 40.2 Å². The van der Waals surface area contributed by atoms with Crippen LogP contribution in [0.2, 0.25) is 0 Å². The van der Waals surface area contributed by atoms with Gasteiger partial charge in [0.15, 0.2) is 5.78 Å². The Bertz CT molecular complexity index is 531. The molecular formula is C14H19NO4. The summed E-state index contributed by atoms with van der Waals surface area (Å²) in [5.74, 6) is -0.766. The summed E-state index contributed by atoms with van der Waals surface area (Å²) in [6.07, 6.45) is 1.74. The number of aromatic nitrogens is 1. The van der Waals surface area contributed by atoms with Gasteiger partial charge in [0.25, 0.3) is 5.56 Å². The van der Waals surface area contributed by atoms with Crippen LogP contribution in [0.1, 0.15) is 42.7 Å². The van der Waals surface area contributed by atoms with E-state index in [9.17, 15) is 14.4 Å². The SMILES string of the molecule is CCCCOC(=O)Cn1c(C)ccc(C(C)=O)c1=O. The van der Waals surface area contributed by atoms with Gasteiger partial charge in [-0.05, 0) is 32.4 Å². The topological polar surface area (TPSA) is 65.4 Å². The summed E-state index contributed by atoms with van der Waals surface area (Å²) in [4.78, 5) is 34.9. The number of rotatable bonds is 6. The molecule has 0 bridgehead atoms. The maximum Gasteiger partial charge on any atom is 0.326 e. The van der Waals surface area contributed by atoms with Gasteiger partial charge in [0.1, 0.15) is 6.54 Å². The van der Waals surface area contributed by atoms with E-state index >= 15 is 0 Å². The van der Waals surface area contributed by atoms with E-state index in [1.807, 2.05) is 6.92 Å². The molecule has 104 valence electrons. The molecule has 5 heteroatoms. The summed E-state index contributed by atoms with van der Waals surface area (Å²) in [5.41, 5.74) is 0.273. The van der Waals surface area contributed by atoms with E-state index in [0.717, 1.165) is 12.8 Å². The predicted molar refractivity (Wildman–Crippen MR) is 71.3 cm³/mol. The molecule has 1 heterocycles. The van der Waals surface area contributed by atoms with Crippen LogP contribution in [0.5, 0.6) is 0 Å². The maximum atomic E-state index is 12.0. The zero-order valence-electron chi connectivity index (χ0n) is 11.6. The number of ether oxygens (including phenoxy) is 1. The van der Waals surface area contributed by atoms with Crippen molar-refractivity contribution < 1.29 is 14.3 Å². The zero-order chi connectivity index (χ0) is 14.4. The Hall–Kier alpha value is -1.91. The van der Waals surface area contributed by atoms with Gasteiger partial charge in [-0.1, -0.05) is 13.3 Å². The van der Waals surface area contributed by atoms with Gasteiger partial charge in [-0.3, -0.25) is 14.4 Å². The second-order valence-electron chi connectivity index (χ2n) is 4.41. The monoisotopic (exact) mass is 265 g/mol. The van der Waals surface area contributed by atoms with E-state index in [1.54, 1.807) is 13.0 Å². The van der Waals surface area contributed by atoms with Crippen LogP contribution in [0.4, 0.5) is 0 Å². The summed E-state index contributed by atoms with van der Waals surface area (Å²) in [6.45, 7) is 5.24. The van der Waals surface area contributed by atoms with Crippen molar-refractivity contribution in [2.75, 3.05) is 6.61 Å². The van der Waals surface area contributed by atoms with Crippen LogP contribution >= 0.6 is 0 Å². The molecule has 1 aromatic rings. The smallest absolute Gasteiger partial charge is 0.326 e. The number of aryl methyl sites for hydroxylation is 1. The minimum absolute atomic E-state index is 0.0898. The molecule has 0 unspecified atom stereocenters. The van der Waals surface area contributed by atoms with E-state index in [-0.39, 0.29) is 17.9 Å². The van der Waals surface area contributed by atoms with Crippen LogP contribution in [0.25, 0.3) is 0 Å². The highest BCUT2D eigenvalue weighted by molar-refractivity contribution is 5.93. The Labute approximate surface area is 112 Å². The summed E-state index contributed by atoms with van der Waals surface area (Å²) < 4.78 is 6.28. The number of hydrogen-bond acceptors (Lipinski definition) is 4. The van der Waals surface area contributed by atoms with Crippen molar-refractivity contribution in [2.24, 2.45) is 0 Å². The molecule has 0 aliphatic heterocycles. The fourth-order valence-electron chi connectivity index (χ4n) is 1.64. The number of esters is 1. The molecular weight excluding hydrogens is 246 g/mol. The summed E-state index contributed by atoms with van der Waals surface area (Å²) >= 11 is 0. The first-order valence-corrected chi connectivity index (χ1v) is 6.34. The van der Waals surface area contributed by atoms with Crippen LogP contribution in [-0.2, 0) is 16.1 Å². The summed E-state index contributed by atoms with van der Waals surface area (Å²) in [5, 5.41) is 0. The van der Waals surface area contributed by atoms with Crippen LogP contribution in [0.3, 0.4) is 0 Å². The van der Waals surface area contributed by atoms with Crippen LogP contribution in [0, 0.1) is 6.92 Å². The molecule has 0 saturated carbocycles. The molecule has 5 nitrogen and oxygen atoms in total. The molecule has 0 saturated heterocycles. The number of Topliss-reactive ketones (excluding diaryl/α,β-unsaturated/α-hetero) is 1. The highest BCUT2D eigenvalue weighted by atomic mass is 16.5. The maximum absolute atomic E-state index is 12.0. The quantitative estimate of drug-likeness (QED) is 0.446. The molecule has 0 spiro atoms. The lowest BCUT2D eigenvalue weighted by atomic mass is 10.2. The molecule has 0 aromatic carbocycles. The van der Waals surface area contributed by atoms with Crippen molar-refractivity contribution in [3.63, 3.8) is 0 Å². The largest absolute Gasteiger partial charge is 0.464 e. The third-order valence-electron chi connectivity index (χ3n) is 2.82. The summed E-state index contributed by atoms with van der Waals surface area (Å²) in [7, 11) is 0. The van der Waals surface area contributed by atoms with Crippen molar-refractivity contribution in [1.82, 2.24) is 4.57 Å². The fraction of sp³-hybridized carbons (Fsp3) is 0.500. The normalized spacial score (nSPS) is 10.3. The van der Waals surface area contributed by atoms with E-state index in [4.69, 9.17) is 4.74 Å². The highest BCUT2D eigenvalue weighted by Crippen LogP contribution is 2.00. The number of carbonyl (C=O) groups is 2. The van der Waals surface area contributed by atoms with Gasteiger partial charge in [-0.15, -0.1) is 0 Å². The van der Waals surface area contributed by atoms with Crippen molar-refractivity contribution in [3.8, 4) is 0 Å². The van der Waals surface area contributed by atoms with Crippen molar-refractivity contribution in [3.05, 3.63) is 33.7 Å². The van der Waals surface area contributed by atoms with Crippen molar-refractivity contribution >= 4 is 11.8 Å². The molecule has 19 heavy (non-hydrogen) atoms. The average Bonchev–Trinajstić information content (AvgIpc) is 2.34. The second kappa shape index (κ2) is 6.87. The van der Waals surface area contributed by atoms with E-state index < -0.39 is 11.5 Å².